The molecule has 0 radical (unpaired) electrons. The zero-order valence-corrected chi connectivity index (χ0v) is 17.7. The lowest BCUT2D eigenvalue weighted by atomic mass is 9.78. The fourth-order valence-electron chi connectivity index (χ4n) is 4.65. The first kappa shape index (κ1) is 21.1. The molecule has 3 atom stereocenters. The Labute approximate surface area is 169 Å². The van der Waals surface area contributed by atoms with Gasteiger partial charge >= 0.3 is 0 Å². The lowest BCUT2D eigenvalue weighted by Gasteiger charge is -2.37. The molecular formula is C23H36N2O3. The minimum absolute atomic E-state index is 0.0329. The molecule has 1 aliphatic heterocycles. The lowest BCUT2D eigenvalue weighted by molar-refractivity contribution is -0.143. The Kier molecular flexibility index (Phi) is 7.36. The Morgan fingerprint density at radius 3 is 2.61 bits per heavy atom. The third-order valence-electron chi connectivity index (χ3n) is 6.29. The van der Waals surface area contributed by atoms with Crippen LogP contribution in [0.5, 0.6) is 5.75 Å². The predicted octanol–water partition coefficient (Wildman–Crippen LogP) is 4.33. The highest BCUT2D eigenvalue weighted by molar-refractivity contribution is 5.97. The molecule has 28 heavy (non-hydrogen) atoms. The van der Waals surface area contributed by atoms with E-state index in [1.54, 1.807) is 7.11 Å². The van der Waals surface area contributed by atoms with Crippen molar-refractivity contribution in [2.45, 2.75) is 58.0 Å². The molecule has 1 N–H and O–H groups in total. The summed E-state index contributed by atoms with van der Waals surface area (Å²) in [5, 5.41) is 3.04. The fraction of sp³-hybridized carbons (Fsp3) is 0.696. The average molecular weight is 389 g/mol. The van der Waals surface area contributed by atoms with Crippen LogP contribution in [0.25, 0.3) is 0 Å². The molecule has 1 aliphatic carbocycles. The second kappa shape index (κ2) is 9.75. The molecule has 2 fully saturated rings. The van der Waals surface area contributed by atoms with E-state index in [9.17, 15) is 4.79 Å². The number of piperidine rings is 1. The summed E-state index contributed by atoms with van der Waals surface area (Å²) in [5.41, 5.74) is 0.0927. The highest BCUT2D eigenvalue weighted by Crippen LogP contribution is 2.35. The van der Waals surface area contributed by atoms with Crippen LogP contribution in [0.2, 0.25) is 0 Å². The number of likely N-dealkylation sites (tertiary alicyclic amines) is 1. The minimum Gasteiger partial charge on any atom is -0.492 e. The molecular weight excluding hydrogens is 352 g/mol. The summed E-state index contributed by atoms with van der Waals surface area (Å²) in [4.78, 5) is 15.3. The van der Waals surface area contributed by atoms with Gasteiger partial charge in [-0.15, -0.1) is 0 Å². The van der Waals surface area contributed by atoms with E-state index in [4.69, 9.17) is 9.47 Å². The van der Waals surface area contributed by atoms with Crippen LogP contribution in [0.4, 0.5) is 5.69 Å². The molecule has 5 nitrogen and oxygen atoms in total. The normalized spacial score (nSPS) is 28.7. The van der Waals surface area contributed by atoms with Gasteiger partial charge in [0.05, 0.1) is 0 Å². The van der Waals surface area contributed by atoms with Crippen molar-refractivity contribution in [1.29, 1.82) is 0 Å². The van der Waals surface area contributed by atoms with E-state index in [2.05, 4.69) is 24.1 Å². The van der Waals surface area contributed by atoms with Gasteiger partial charge < -0.3 is 14.8 Å². The Bertz CT molecular complexity index is 633. The maximum Gasteiger partial charge on any atom is 0.256 e. The van der Waals surface area contributed by atoms with Gasteiger partial charge in [0.2, 0.25) is 0 Å². The molecule has 5 heteroatoms. The first-order valence-electron chi connectivity index (χ1n) is 10.8. The number of methoxy groups -OCH3 is 1. The molecule has 1 heterocycles. The van der Waals surface area contributed by atoms with Gasteiger partial charge in [-0.1, -0.05) is 20.3 Å². The number of benzene rings is 1. The number of nitrogens with zero attached hydrogens (tertiary/aromatic N) is 1. The van der Waals surface area contributed by atoms with E-state index in [0.717, 1.165) is 43.2 Å². The number of carbonyl (C=O) groups is 1. The van der Waals surface area contributed by atoms with Crippen molar-refractivity contribution >= 4 is 11.6 Å². The van der Waals surface area contributed by atoms with E-state index in [1.165, 1.54) is 32.4 Å². The highest BCUT2D eigenvalue weighted by Gasteiger charge is 2.41. The number of hydrogen-bond donors (Lipinski definition) is 1. The summed E-state index contributed by atoms with van der Waals surface area (Å²) < 4.78 is 11.6. The summed E-state index contributed by atoms with van der Waals surface area (Å²) in [6.07, 6.45) is 6.40. The van der Waals surface area contributed by atoms with Gasteiger partial charge in [-0.3, -0.25) is 9.69 Å². The number of anilines is 1. The van der Waals surface area contributed by atoms with Crippen molar-refractivity contribution in [3.63, 3.8) is 0 Å². The van der Waals surface area contributed by atoms with Gasteiger partial charge in [-0.05, 0) is 74.8 Å². The molecule has 156 valence electrons. The number of carbonyl (C=O) groups excluding carboxylic acids is 1. The smallest absolute Gasteiger partial charge is 0.256 e. The summed E-state index contributed by atoms with van der Waals surface area (Å²) >= 11 is 0. The highest BCUT2D eigenvalue weighted by atomic mass is 16.5. The van der Waals surface area contributed by atoms with Crippen molar-refractivity contribution in [3.05, 3.63) is 24.3 Å². The Hall–Kier alpha value is -1.59. The minimum atomic E-state index is -0.696. The zero-order chi connectivity index (χ0) is 20.0. The van der Waals surface area contributed by atoms with E-state index in [0.29, 0.717) is 12.5 Å². The molecule has 1 saturated heterocycles. The van der Waals surface area contributed by atoms with E-state index >= 15 is 0 Å². The first-order chi connectivity index (χ1) is 13.5. The molecule has 1 amide bonds. The lowest BCUT2D eigenvalue weighted by Crippen LogP contribution is -2.47. The average Bonchev–Trinajstić information content (AvgIpc) is 2.69. The second-order valence-corrected chi connectivity index (χ2v) is 8.77. The third kappa shape index (κ3) is 5.48. The largest absolute Gasteiger partial charge is 0.492 e. The van der Waals surface area contributed by atoms with Crippen LogP contribution in [-0.2, 0) is 9.53 Å². The van der Waals surface area contributed by atoms with Gasteiger partial charge in [0.1, 0.15) is 18.0 Å². The van der Waals surface area contributed by atoms with Crippen LogP contribution >= 0.6 is 0 Å². The molecule has 1 saturated carbocycles. The quantitative estimate of drug-likeness (QED) is 0.755. The Morgan fingerprint density at radius 1 is 1.18 bits per heavy atom. The summed E-state index contributed by atoms with van der Waals surface area (Å²) in [5.74, 6) is 2.11. The standard InChI is InChI=1S/C23H36N2O3/c1-18-6-4-12-23(16-18,27-3)22(26)24-20-8-10-21(11-9-20)28-15-14-25-13-5-7-19(2)17-25/h8-11,18-19H,4-7,12-17H2,1-3H3,(H,24,26). The van der Waals surface area contributed by atoms with Crippen LogP contribution in [0.15, 0.2) is 24.3 Å². The SMILES string of the molecule is COC1(C(=O)Nc2ccc(OCCN3CCCC(C)C3)cc2)CCCC(C)C1. The fourth-order valence-corrected chi connectivity index (χ4v) is 4.65. The molecule has 0 spiro atoms. The maximum absolute atomic E-state index is 12.9. The van der Waals surface area contributed by atoms with Crippen LogP contribution in [0.3, 0.4) is 0 Å². The predicted molar refractivity (Wildman–Crippen MR) is 113 cm³/mol. The third-order valence-corrected chi connectivity index (χ3v) is 6.29. The van der Waals surface area contributed by atoms with Crippen LogP contribution in [0.1, 0.15) is 52.4 Å². The zero-order valence-electron chi connectivity index (χ0n) is 17.7. The number of ether oxygens (including phenoxy) is 2. The van der Waals surface area contributed by atoms with E-state index < -0.39 is 5.60 Å². The summed E-state index contributed by atoms with van der Waals surface area (Å²) in [7, 11) is 1.65. The monoisotopic (exact) mass is 388 g/mol. The van der Waals surface area contributed by atoms with Crippen molar-refractivity contribution in [2.24, 2.45) is 11.8 Å². The van der Waals surface area contributed by atoms with E-state index in [1.807, 2.05) is 24.3 Å². The number of rotatable bonds is 7. The van der Waals surface area contributed by atoms with Crippen LogP contribution in [0, 0.1) is 11.8 Å². The molecule has 2 aliphatic rings. The Balaban J connectivity index is 1.48. The molecule has 0 aromatic heterocycles. The summed E-state index contributed by atoms with van der Waals surface area (Å²) in [6, 6.07) is 7.67. The topological polar surface area (TPSA) is 50.8 Å². The number of hydrogen-bond acceptors (Lipinski definition) is 4. The second-order valence-electron chi connectivity index (χ2n) is 8.77. The van der Waals surface area contributed by atoms with Gasteiger partial charge in [0.25, 0.3) is 5.91 Å². The van der Waals surface area contributed by atoms with E-state index in [-0.39, 0.29) is 5.91 Å². The molecule has 1 aromatic carbocycles. The van der Waals surface area contributed by atoms with Gasteiger partial charge in [-0.2, -0.15) is 0 Å². The molecule has 3 rings (SSSR count). The number of amides is 1. The molecule has 1 aromatic rings. The van der Waals surface area contributed by atoms with Crippen molar-refractivity contribution in [3.8, 4) is 5.75 Å². The van der Waals surface area contributed by atoms with Crippen LogP contribution in [-0.4, -0.2) is 49.8 Å². The van der Waals surface area contributed by atoms with Gasteiger partial charge in [0, 0.05) is 25.9 Å². The molecule has 3 unspecified atom stereocenters. The number of nitrogens with one attached hydrogen (secondary N) is 1. The van der Waals surface area contributed by atoms with Crippen molar-refractivity contribution in [1.82, 2.24) is 4.90 Å². The van der Waals surface area contributed by atoms with Crippen molar-refractivity contribution in [2.75, 3.05) is 38.7 Å². The summed E-state index contributed by atoms with van der Waals surface area (Å²) in [6.45, 7) is 8.53. The van der Waals surface area contributed by atoms with Gasteiger partial charge in [0.15, 0.2) is 0 Å². The van der Waals surface area contributed by atoms with Crippen molar-refractivity contribution < 1.29 is 14.3 Å². The van der Waals surface area contributed by atoms with Gasteiger partial charge in [-0.25, -0.2) is 0 Å². The molecule has 0 bridgehead atoms. The first-order valence-corrected chi connectivity index (χ1v) is 10.8. The Morgan fingerprint density at radius 2 is 1.93 bits per heavy atom. The van der Waals surface area contributed by atoms with Crippen LogP contribution < -0.4 is 10.1 Å². The maximum atomic E-state index is 12.9.